The van der Waals surface area contributed by atoms with E-state index in [0.717, 1.165) is 6.08 Å². The summed E-state index contributed by atoms with van der Waals surface area (Å²) < 4.78 is 4.97. The van der Waals surface area contributed by atoms with E-state index in [9.17, 15) is 19.5 Å². The van der Waals surface area contributed by atoms with Crippen LogP contribution in [0, 0.1) is 5.41 Å². The van der Waals surface area contributed by atoms with Crippen LogP contribution in [0.2, 0.25) is 0 Å². The summed E-state index contributed by atoms with van der Waals surface area (Å²) in [5, 5.41) is 17.8. The van der Waals surface area contributed by atoms with E-state index in [1.807, 2.05) is 0 Å². The van der Waals surface area contributed by atoms with E-state index in [-0.39, 0.29) is 19.3 Å². The number of hydrogen-bond donors (Lipinski definition) is 2. The van der Waals surface area contributed by atoms with Crippen LogP contribution < -0.4 is 0 Å². The summed E-state index contributed by atoms with van der Waals surface area (Å²) in [4.78, 5) is 33.0. The molecule has 0 bridgehead atoms. The first kappa shape index (κ1) is 16.1. The second-order valence-electron chi connectivity index (χ2n) is 4.14. The Kier molecular flexibility index (Phi) is 6.08. The Labute approximate surface area is 105 Å². The molecule has 0 radical (unpaired) electrons. The molecule has 0 aromatic heterocycles. The Hall–Kier alpha value is -1.85. The lowest BCUT2D eigenvalue weighted by molar-refractivity contribution is -0.167. The zero-order valence-corrected chi connectivity index (χ0v) is 10.5. The Bertz CT molecular complexity index is 348. The first-order chi connectivity index (χ1) is 8.27. The van der Waals surface area contributed by atoms with Crippen LogP contribution in [0.15, 0.2) is 12.7 Å². The van der Waals surface area contributed by atoms with Crippen molar-refractivity contribution in [3.63, 3.8) is 0 Å². The van der Waals surface area contributed by atoms with Crippen molar-refractivity contribution in [2.75, 3.05) is 0 Å². The largest absolute Gasteiger partial charge is 0.481 e. The van der Waals surface area contributed by atoms with E-state index in [0.29, 0.717) is 0 Å². The lowest BCUT2D eigenvalue weighted by Crippen LogP contribution is -2.42. The van der Waals surface area contributed by atoms with Gasteiger partial charge in [-0.1, -0.05) is 13.5 Å². The van der Waals surface area contributed by atoms with Gasteiger partial charge in [-0.05, 0) is 19.8 Å². The maximum absolute atomic E-state index is 11.2. The fourth-order valence-electron chi connectivity index (χ4n) is 1.47. The molecular weight excluding hydrogens is 240 g/mol. The second kappa shape index (κ2) is 6.78. The van der Waals surface area contributed by atoms with Crippen LogP contribution in [0.5, 0.6) is 0 Å². The number of carboxylic acid groups (broad SMARTS) is 2. The minimum atomic E-state index is -1.31. The fraction of sp³-hybridized carbons (Fsp3) is 0.583. The first-order valence-electron chi connectivity index (χ1n) is 5.56. The number of hydrogen-bond acceptors (Lipinski definition) is 4. The van der Waals surface area contributed by atoms with E-state index >= 15 is 0 Å². The first-order valence-corrected chi connectivity index (χ1v) is 5.56. The molecule has 0 amide bonds. The summed E-state index contributed by atoms with van der Waals surface area (Å²) in [6.07, 6.45) is -0.173. The van der Waals surface area contributed by atoms with Gasteiger partial charge in [0, 0.05) is 12.5 Å². The molecule has 0 spiro atoms. The number of carbonyl (C=O) groups is 3. The smallest absolute Gasteiger partial charge is 0.330 e. The number of carboxylic acids is 2. The predicted octanol–water partition coefficient (Wildman–Crippen LogP) is 1.45. The average molecular weight is 258 g/mol. The number of carbonyl (C=O) groups excluding carboxylic acids is 1. The van der Waals surface area contributed by atoms with Gasteiger partial charge in [0.2, 0.25) is 0 Å². The van der Waals surface area contributed by atoms with Crippen molar-refractivity contribution in [2.45, 2.75) is 39.2 Å². The average Bonchev–Trinajstić information content (AvgIpc) is 2.32. The molecule has 0 aromatic rings. The third-order valence-corrected chi connectivity index (χ3v) is 2.98. The van der Waals surface area contributed by atoms with Crippen molar-refractivity contribution >= 4 is 17.9 Å². The highest BCUT2D eigenvalue weighted by molar-refractivity contribution is 5.82. The van der Waals surface area contributed by atoms with Crippen LogP contribution in [0.3, 0.4) is 0 Å². The molecule has 0 saturated heterocycles. The van der Waals surface area contributed by atoms with Gasteiger partial charge in [0.15, 0.2) is 0 Å². The van der Waals surface area contributed by atoms with Gasteiger partial charge in [-0.3, -0.25) is 9.59 Å². The summed E-state index contributed by atoms with van der Waals surface area (Å²) in [6.45, 7) is 6.29. The Morgan fingerprint density at radius 1 is 1.39 bits per heavy atom. The van der Waals surface area contributed by atoms with Crippen molar-refractivity contribution in [3.05, 3.63) is 12.7 Å². The number of rotatable bonds is 8. The highest BCUT2D eigenvalue weighted by atomic mass is 16.5. The minimum absolute atomic E-state index is 0.0500. The molecular formula is C12H18O6. The molecule has 0 heterocycles. The van der Waals surface area contributed by atoms with Crippen LogP contribution in [-0.2, 0) is 19.1 Å². The highest BCUT2D eigenvalue weighted by Gasteiger charge is 2.42. The van der Waals surface area contributed by atoms with E-state index < -0.39 is 29.4 Å². The van der Waals surface area contributed by atoms with Gasteiger partial charge >= 0.3 is 17.9 Å². The van der Waals surface area contributed by atoms with Gasteiger partial charge in [-0.15, -0.1) is 0 Å². The SMILES string of the molecule is C=CC(=O)OC(CCC(=O)O)C(C)(CC)C(=O)O. The fourth-order valence-corrected chi connectivity index (χ4v) is 1.47. The normalized spacial score (nSPS) is 15.2. The van der Waals surface area contributed by atoms with Gasteiger partial charge in [0.25, 0.3) is 0 Å². The number of esters is 1. The van der Waals surface area contributed by atoms with Crippen molar-refractivity contribution < 1.29 is 29.3 Å². The third-order valence-electron chi connectivity index (χ3n) is 2.98. The number of aliphatic carboxylic acids is 2. The summed E-state index contributed by atoms with van der Waals surface area (Å²) in [6, 6.07) is 0. The maximum Gasteiger partial charge on any atom is 0.330 e. The molecule has 0 rings (SSSR count). The zero-order chi connectivity index (χ0) is 14.3. The maximum atomic E-state index is 11.2. The predicted molar refractivity (Wildman–Crippen MR) is 63.0 cm³/mol. The van der Waals surface area contributed by atoms with E-state index in [1.165, 1.54) is 6.92 Å². The van der Waals surface area contributed by atoms with Gasteiger partial charge in [-0.2, -0.15) is 0 Å². The van der Waals surface area contributed by atoms with E-state index in [1.54, 1.807) is 6.92 Å². The lowest BCUT2D eigenvalue weighted by Gasteiger charge is -2.32. The summed E-state index contributed by atoms with van der Waals surface area (Å²) in [5.74, 6) is -2.96. The Balaban J connectivity index is 5.03. The molecule has 6 heteroatoms. The molecule has 2 N–H and O–H groups in total. The van der Waals surface area contributed by atoms with Crippen molar-refractivity contribution in [3.8, 4) is 0 Å². The number of ether oxygens (including phenoxy) is 1. The van der Waals surface area contributed by atoms with Crippen molar-refractivity contribution in [1.82, 2.24) is 0 Å². The molecule has 0 fully saturated rings. The van der Waals surface area contributed by atoms with Crippen molar-refractivity contribution in [2.24, 2.45) is 5.41 Å². The van der Waals surface area contributed by atoms with E-state index in [2.05, 4.69) is 6.58 Å². The molecule has 0 aliphatic heterocycles. The van der Waals surface area contributed by atoms with Gasteiger partial charge < -0.3 is 14.9 Å². The van der Waals surface area contributed by atoms with Crippen LogP contribution in [0.1, 0.15) is 33.1 Å². The standard InChI is InChI=1S/C12H18O6/c1-4-10(15)18-8(6-7-9(13)14)12(3,5-2)11(16)17/h4,8H,1,5-7H2,2-3H3,(H,13,14)(H,16,17). The quantitative estimate of drug-likeness (QED) is 0.504. The molecule has 0 aromatic carbocycles. The molecule has 0 aliphatic carbocycles. The van der Waals surface area contributed by atoms with Crippen LogP contribution in [-0.4, -0.2) is 34.2 Å². The minimum Gasteiger partial charge on any atom is -0.481 e. The summed E-state index contributed by atoms with van der Waals surface area (Å²) in [7, 11) is 0. The topological polar surface area (TPSA) is 101 Å². The lowest BCUT2D eigenvalue weighted by atomic mass is 9.79. The Morgan fingerprint density at radius 3 is 2.28 bits per heavy atom. The molecule has 2 unspecified atom stereocenters. The van der Waals surface area contributed by atoms with Crippen LogP contribution in [0.25, 0.3) is 0 Å². The van der Waals surface area contributed by atoms with Gasteiger partial charge in [-0.25, -0.2) is 4.79 Å². The molecule has 6 nitrogen and oxygen atoms in total. The monoisotopic (exact) mass is 258 g/mol. The highest BCUT2D eigenvalue weighted by Crippen LogP contribution is 2.31. The van der Waals surface area contributed by atoms with Gasteiger partial charge in [0.05, 0.1) is 0 Å². The molecule has 0 saturated carbocycles. The molecule has 0 aliphatic rings. The summed E-state index contributed by atoms with van der Waals surface area (Å²) >= 11 is 0. The third kappa shape index (κ3) is 4.20. The zero-order valence-electron chi connectivity index (χ0n) is 10.5. The molecule has 2 atom stereocenters. The molecule has 102 valence electrons. The van der Waals surface area contributed by atoms with Crippen LogP contribution >= 0.6 is 0 Å². The van der Waals surface area contributed by atoms with Crippen LogP contribution in [0.4, 0.5) is 0 Å². The van der Waals surface area contributed by atoms with E-state index in [4.69, 9.17) is 9.84 Å². The summed E-state index contributed by atoms with van der Waals surface area (Å²) in [5.41, 5.74) is -1.31. The second-order valence-corrected chi connectivity index (χ2v) is 4.14. The Morgan fingerprint density at radius 2 is 1.94 bits per heavy atom. The van der Waals surface area contributed by atoms with Crippen molar-refractivity contribution in [1.29, 1.82) is 0 Å². The molecule has 18 heavy (non-hydrogen) atoms. The van der Waals surface area contributed by atoms with Gasteiger partial charge in [0.1, 0.15) is 11.5 Å².